The van der Waals surface area contributed by atoms with E-state index in [0.717, 1.165) is 18.0 Å². The first kappa shape index (κ1) is 27.9. The summed E-state index contributed by atoms with van der Waals surface area (Å²) in [6.45, 7) is 25.1. The summed E-state index contributed by atoms with van der Waals surface area (Å²) in [5.74, 6) is 1.24. The number of aromatic nitrogens is 1. The number of aromatic amines is 1. The molecule has 3 nitrogen and oxygen atoms in total. The van der Waals surface area contributed by atoms with Crippen molar-refractivity contribution in [1.82, 2.24) is 14.8 Å². The van der Waals surface area contributed by atoms with Crippen LogP contribution in [0.2, 0.25) is 0 Å². The maximum absolute atomic E-state index is 4.25. The van der Waals surface area contributed by atoms with Gasteiger partial charge in [0.15, 0.2) is 0 Å². The Kier molecular flexibility index (Phi) is 9.19. The second-order valence-corrected chi connectivity index (χ2v) is 12.2. The Morgan fingerprint density at radius 1 is 1.05 bits per heavy atom. The molecule has 0 amide bonds. The van der Waals surface area contributed by atoms with Crippen molar-refractivity contribution in [3.63, 3.8) is 0 Å². The summed E-state index contributed by atoms with van der Waals surface area (Å²) < 4.78 is 0. The van der Waals surface area contributed by atoms with Crippen molar-refractivity contribution in [2.45, 2.75) is 98.6 Å². The first-order valence-electron chi connectivity index (χ1n) is 14.8. The van der Waals surface area contributed by atoms with E-state index in [4.69, 9.17) is 0 Å². The number of piperidine rings is 2. The molecule has 4 rings (SSSR count). The van der Waals surface area contributed by atoms with Gasteiger partial charge in [0.05, 0.1) is 0 Å². The molecule has 0 bridgehead atoms. The highest BCUT2D eigenvalue weighted by Gasteiger charge is 2.29. The summed E-state index contributed by atoms with van der Waals surface area (Å²) in [7, 11) is 0. The molecule has 0 spiro atoms. The van der Waals surface area contributed by atoms with Gasteiger partial charge in [0.1, 0.15) is 0 Å². The lowest BCUT2D eigenvalue weighted by atomic mass is 9.87. The van der Waals surface area contributed by atoms with Gasteiger partial charge in [-0.25, -0.2) is 0 Å². The highest BCUT2D eigenvalue weighted by Crippen LogP contribution is 2.36. The Morgan fingerprint density at radius 2 is 1.73 bits per heavy atom. The molecule has 1 unspecified atom stereocenters. The van der Waals surface area contributed by atoms with Gasteiger partial charge in [0, 0.05) is 34.3 Å². The molecule has 3 heterocycles. The van der Waals surface area contributed by atoms with E-state index in [0.29, 0.717) is 17.9 Å². The van der Waals surface area contributed by atoms with Gasteiger partial charge in [0.2, 0.25) is 0 Å². The fourth-order valence-corrected chi connectivity index (χ4v) is 6.26. The predicted octanol–water partition coefficient (Wildman–Crippen LogP) is 8.48. The third-order valence-corrected chi connectivity index (χ3v) is 9.38. The molecule has 2 saturated heterocycles. The zero-order chi connectivity index (χ0) is 26.7. The van der Waals surface area contributed by atoms with Crippen LogP contribution in [0, 0.1) is 12.8 Å². The van der Waals surface area contributed by atoms with Gasteiger partial charge in [0.25, 0.3) is 0 Å². The minimum atomic E-state index is 0.567. The highest BCUT2D eigenvalue weighted by molar-refractivity contribution is 5.92. The van der Waals surface area contributed by atoms with Crippen molar-refractivity contribution in [1.29, 1.82) is 0 Å². The average molecular weight is 502 g/mol. The van der Waals surface area contributed by atoms with Crippen LogP contribution in [0.25, 0.3) is 16.5 Å². The Hall–Kier alpha value is -2.10. The molecule has 3 heteroatoms. The van der Waals surface area contributed by atoms with E-state index in [2.05, 4.69) is 100 Å². The van der Waals surface area contributed by atoms with Crippen LogP contribution >= 0.6 is 0 Å². The lowest BCUT2D eigenvalue weighted by Gasteiger charge is -2.42. The Balaban J connectivity index is 1.50. The summed E-state index contributed by atoms with van der Waals surface area (Å²) >= 11 is 0. The van der Waals surface area contributed by atoms with Crippen molar-refractivity contribution in [2.24, 2.45) is 5.92 Å². The highest BCUT2D eigenvalue weighted by atomic mass is 15.2. The van der Waals surface area contributed by atoms with Gasteiger partial charge in [-0.1, -0.05) is 50.6 Å². The van der Waals surface area contributed by atoms with Gasteiger partial charge >= 0.3 is 0 Å². The molecule has 1 aromatic carbocycles. The molecule has 1 N–H and O–H groups in total. The van der Waals surface area contributed by atoms with Crippen molar-refractivity contribution < 1.29 is 0 Å². The van der Waals surface area contributed by atoms with E-state index < -0.39 is 0 Å². The number of aryl methyl sites for hydroxylation is 1. The maximum Gasteiger partial charge on any atom is 0.0497 e. The number of rotatable bonds is 8. The lowest BCUT2D eigenvalue weighted by Crippen LogP contribution is -2.48. The van der Waals surface area contributed by atoms with E-state index in [9.17, 15) is 0 Å². The van der Waals surface area contributed by atoms with Crippen molar-refractivity contribution in [2.75, 3.05) is 26.2 Å². The van der Waals surface area contributed by atoms with Crippen molar-refractivity contribution in [3.8, 4) is 0 Å². The molecule has 2 fully saturated rings. The number of hydrogen-bond acceptors (Lipinski definition) is 2. The minimum Gasteiger partial charge on any atom is -0.354 e. The number of nitrogens with zero attached hydrogens (tertiary/aromatic N) is 2. The minimum absolute atomic E-state index is 0.567. The molecule has 2 aromatic rings. The quantitative estimate of drug-likeness (QED) is 0.366. The number of allylic oxidation sites excluding steroid dienone is 5. The van der Waals surface area contributed by atoms with Crippen LogP contribution in [-0.2, 0) is 0 Å². The number of H-pyrrole nitrogens is 1. The predicted molar refractivity (Wildman–Crippen MR) is 162 cm³/mol. The summed E-state index contributed by atoms with van der Waals surface area (Å²) in [4.78, 5) is 9.21. The first-order chi connectivity index (χ1) is 17.7. The monoisotopic (exact) mass is 501 g/mol. The fraction of sp³-hybridized carbons (Fsp3) is 0.588. The van der Waals surface area contributed by atoms with E-state index >= 15 is 0 Å². The van der Waals surface area contributed by atoms with Crippen LogP contribution in [0.1, 0.15) is 96.4 Å². The average Bonchev–Trinajstić information content (AvgIpc) is 3.23. The van der Waals surface area contributed by atoms with Crippen LogP contribution in [0.15, 0.2) is 48.1 Å². The Labute approximate surface area is 226 Å². The molecule has 202 valence electrons. The zero-order valence-electron chi connectivity index (χ0n) is 24.7. The van der Waals surface area contributed by atoms with Crippen LogP contribution < -0.4 is 0 Å². The van der Waals surface area contributed by atoms with Crippen LogP contribution in [0.3, 0.4) is 0 Å². The Morgan fingerprint density at radius 3 is 2.32 bits per heavy atom. The largest absolute Gasteiger partial charge is 0.354 e. The third-order valence-electron chi connectivity index (χ3n) is 9.38. The number of fused-ring (bicyclic) bond motifs is 1. The van der Waals surface area contributed by atoms with Gasteiger partial charge in [-0.2, -0.15) is 0 Å². The molecular formula is C34H51N3. The summed E-state index contributed by atoms with van der Waals surface area (Å²) in [6, 6.07) is 8.66. The zero-order valence-corrected chi connectivity index (χ0v) is 24.7. The van der Waals surface area contributed by atoms with E-state index in [1.807, 2.05) is 0 Å². The van der Waals surface area contributed by atoms with Gasteiger partial charge in [-0.15, -0.1) is 0 Å². The smallest absolute Gasteiger partial charge is 0.0497 e. The fourth-order valence-electron chi connectivity index (χ4n) is 6.26. The molecule has 1 atom stereocenters. The molecular weight excluding hydrogens is 450 g/mol. The number of benzene rings is 1. The van der Waals surface area contributed by atoms with Gasteiger partial charge in [-0.05, 0) is 127 Å². The summed E-state index contributed by atoms with van der Waals surface area (Å²) in [5, 5.41) is 1.37. The number of nitrogens with one attached hydrogen (secondary N) is 1. The van der Waals surface area contributed by atoms with Crippen LogP contribution in [0.5, 0.6) is 0 Å². The van der Waals surface area contributed by atoms with E-state index in [-0.39, 0.29) is 0 Å². The summed E-state index contributed by atoms with van der Waals surface area (Å²) in [5.41, 5.74) is 9.04. The molecule has 0 radical (unpaired) electrons. The van der Waals surface area contributed by atoms with Crippen LogP contribution in [-0.4, -0.2) is 53.0 Å². The third kappa shape index (κ3) is 6.32. The van der Waals surface area contributed by atoms with Gasteiger partial charge < -0.3 is 14.8 Å². The van der Waals surface area contributed by atoms with Crippen LogP contribution in [0.4, 0.5) is 0 Å². The molecule has 2 aliphatic heterocycles. The maximum atomic E-state index is 4.25. The SMILES string of the molecule is C=C(C)/C(C)=C(\C=C/C(C)CC)c1[nH]c2ccc(C3CCN(C4CCN(C(C)C)CC4)CC3)cc2c1C. The lowest BCUT2D eigenvalue weighted by molar-refractivity contribution is 0.0753. The topological polar surface area (TPSA) is 22.3 Å². The normalized spacial score (nSPS) is 20.8. The second kappa shape index (κ2) is 12.2. The molecule has 37 heavy (non-hydrogen) atoms. The number of hydrogen-bond donors (Lipinski definition) is 1. The van der Waals surface area contributed by atoms with E-state index in [1.54, 1.807) is 0 Å². The molecule has 0 saturated carbocycles. The number of likely N-dealkylation sites (tertiary alicyclic amines) is 2. The second-order valence-electron chi connectivity index (χ2n) is 12.2. The van der Waals surface area contributed by atoms with E-state index in [1.165, 1.54) is 90.7 Å². The standard InChI is InChI=1S/C34H51N3/c1-9-25(6)10-12-31(26(7)23(2)3)34-27(8)32-22-29(11-13-33(32)35-34)28-14-18-37(19-15-28)30-16-20-36(21-17-30)24(4)5/h10-13,22,24-25,28,30,35H,2,9,14-21H2,1,3-8H3/b12-10-,31-26+. The molecule has 0 aliphatic carbocycles. The first-order valence-corrected chi connectivity index (χ1v) is 14.8. The molecule has 2 aliphatic rings. The van der Waals surface area contributed by atoms with Crippen molar-refractivity contribution in [3.05, 3.63) is 64.9 Å². The molecule has 1 aromatic heterocycles. The Bertz CT molecular complexity index is 1130. The summed E-state index contributed by atoms with van der Waals surface area (Å²) in [6.07, 6.45) is 11.1. The van der Waals surface area contributed by atoms with Gasteiger partial charge in [-0.3, -0.25) is 0 Å². The van der Waals surface area contributed by atoms with Crippen molar-refractivity contribution >= 4 is 16.5 Å².